The molecule has 0 aromatic carbocycles. The third-order valence-electron chi connectivity index (χ3n) is 15.9. The van der Waals surface area contributed by atoms with Gasteiger partial charge in [0.1, 0.15) is 17.8 Å². The zero-order chi connectivity index (χ0) is 55.5. The molecule has 8 N–H and O–H groups in total. The van der Waals surface area contributed by atoms with Crippen LogP contribution >= 0.6 is 0 Å². The van der Waals surface area contributed by atoms with Gasteiger partial charge in [-0.15, -0.1) is 0 Å². The van der Waals surface area contributed by atoms with Crippen molar-refractivity contribution in [2.75, 3.05) is 21.3 Å². The molecule has 0 bridgehead atoms. The van der Waals surface area contributed by atoms with E-state index in [1.54, 1.807) is 67.3 Å². The molecule has 16 nitrogen and oxygen atoms in total. The molecule has 0 amide bonds. The maximum Gasteiger partial charge on any atom is 0.338 e. The smallest absolute Gasteiger partial charge is 0.338 e. The minimum atomic E-state index is -1.79. The average Bonchev–Trinajstić information content (AvgIpc) is 3.34. The molecule has 2 saturated heterocycles. The molecular formula is C57H94O16. The van der Waals surface area contributed by atoms with Crippen LogP contribution in [0.25, 0.3) is 0 Å². The number of hydrogen-bond donors (Lipinski definition) is 8. The van der Waals surface area contributed by atoms with Crippen molar-refractivity contribution in [2.45, 2.75) is 194 Å². The summed E-state index contributed by atoms with van der Waals surface area (Å²) in [7, 11) is 4.74. The van der Waals surface area contributed by atoms with Crippen LogP contribution in [0.1, 0.15) is 121 Å². The summed E-state index contributed by atoms with van der Waals surface area (Å²) in [4.78, 5) is 36.2. The summed E-state index contributed by atoms with van der Waals surface area (Å²) in [6.45, 7) is 20.2. The highest BCUT2D eigenvalue weighted by molar-refractivity contribution is 5.80. The minimum absolute atomic E-state index is 0.0158. The number of aliphatic hydroxyl groups excluding tert-OH is 6. The Morgan fingerprint density at radius 3 is 1.97 bits per heavy atom. The maximum absolute atomic E-state index is 13.1. The summed E-state index contributed by atoms with van der Waals surface area (Å²) in [5, 5.41) is 86.3. The SMILES string of the molecule is COC(CC[C@@H](C)[C@@]1(O)CC(C(C)/C=C(C)/C=C(\C)[C@@H](O)[C@H](C)[C@@H](O)[C@@H](C)[C@@H](OC)[C@H](C)/C=C/C=C/C=C/C(=O)O)OC(=O)[C@@H]1O)CC(CC(O)C(C)C/C=C/[C@H](C)[C@@H]1C[C@@H]([C@H](C)C(C)O)[C@H](O)C(=O)O1)OC. The van der Waals surface area contributed by atoms with Crippen LogP contribution in [0.4, 0.5) is 0 Å². The summed E-state index contributed by atoms with van der Waals surface area (Å²) in [6, 6.07) is 0. The van der Waals surface area contributed by atoms with Crippen molar-refractivity contribution < 1.29 is 78.9 Å². The van der Waals surface area contributed by atoms with Crippen molar-refractivity contribution >= 4 is 17.9 Å². The molecule has 2 rings (SSSR count). The van der Waals surface area contributed by atoms with Gasteiger partial charge in [0, 0.05) is 69.3 Å². The molecule has 2 aliphatic rings. The van der Waals surface area contributed by atoms with Gasteiger partial charge >= 0.3 is 17.9 Å². The third kappa shape index (κ3) is 19.8. The van der Waals surface area contributed by atoms with Crippen LogP contribution in [0.3, 0.4) is 0 Å². The van der Waals surface area contributed by atoms with Crippen LogP contribution in [0, 0.1) is 53.3 Å². The number of allylic oxidation sites excluding steroid dienone is 7. The van der Waals surface area contributed by atoms with E-state index in [1.807, 2.05) is 78.8 Å². The van der Waals surface area contributed by atoms with Gasteiger partial charge in [-0.25, -0.2) is 14.4 Å². The van der Waals surface area contributed by atoms with E-state index in [0.29, 0.717) is 44.1 Å². The number of carboxylic acids is 1. The molecule has 0 aromatic heterocycles. The molecular weight excluding hydrogens is 941 g/mol. The van der Waals surface area contributed by atoms with E-state index in [2.05, 4.69) is 0 Å². The predicted molar refractivity (Wildman–Crippen MR) is 280 cm³/mol. The number of aliphatic hydroxyl groups is 7. The number of hydrogen-bond acceptors (Lipinski definition) is 15. The Balaban J connectivity index is 2.03. The van der Waals surface area contributed by atoms with Crippen LogP contribution in [0.5, 0.6) is 0 Å². The molecule has 21 atom stereocenters. The Hall–Kier alpha value is -3.55. The van der Waals surface area contributed by atoms with Gasteiger partial charge in [0.15, 0.2) is 12.2 Å². The van der Waals surface area contributed by atoms with E-state index >= 15 is 0 Å². The molecule has 2 fully saturated rings. The van der Waals surface area contributed by atoms with Crippen LogP contribution < -0.4 is 0 Å². The predicted octanol–water partition coefficient (Wildman–Crippen LogP) is 6.44. The minimum Gasteiger partial charge on any atom is -0.478 e. The fraction of sp³-hybridized carbons (Fsp3) is 0.737. The highest BCUT2D eigenvalue weighted by Gasteiger charge is 2.52. The average molecular weight is 1040 g/mol. The second kappa shape index (κ2) is 31.5. The fourth-order valence-corrected chi connectivity index (χ4v) is 10.4. The highest BCUT2D eigenvalue weighted by Crippen LogP contribution is 2.39. The number of esters is 2. The largest absolute Gasteiger partial charge is 0.478 e. The van der Waals surface area contributed by atoms with Gasteiger partial charge in [-0.05, 0) is 82.6 Å². The van der Waals surface area contributed by atoms with E-state index in [-0.39, 0.29) is 60.2 Å². The van der Waals surface area contributed by atoms with E-state index < -0.39 is 90.1 Å². The van der Waals surface area contributed by atoms with E-state index in [4.69, 9.17) is 28.8 Å². The Bertz CT molecular complexity index is 1870. The van der Waals surface area contributed by atoms with E-state index in [0.717, 1.165) is 11.6 Å². The molecule has 2 heterocycles. The first-order valence-electron chi connectivity index (χ1n) is 26.2. The zero-order valence-electron chi connectivity index (χ0n) is 46.1. The number of rotatable bonds is 31. The lowest BCUT2D eigenvalue weighted by Gasteiger charge is -2.44. The summed E-state index contributed by atoms with van der Waals surface area (Å²) >= 11 is 0. The number of carboxylic acid groups (broad SMARTS) is 1. The number of carbonyl (C=O) groups excluding carboxylic acids is 2. The first-order valence-corrected chi connectivity index (χ1v) is 26.2. The van der Waals surface area contributed by atoms with Gasteiger partial charge < -0.3 is 64.5 Å². The number of carbonyl (C=O) groups is 3. The molecule has 0 spiro atoms. The molecule has 0 aromatic rings. The second-order valence-corrected chi connectivity index (χ2v) is 21.6. The van der Waals surface area contributed by atoms with Gasteiger partial charge in [-0.1, -0.05) is 116 Å². The first-order chi connectivity index (χ1) is 34.1. The van der Waals surface area contributed by atoms with Gasteiger partial charge in [0.25, 0.3) is 0 Å². The fourth-order valence-electron chi connectivity index (χ4n) is 10.4. The second-order valence-electron chi connectivity index (χ2n) is 21.6. The van der Waals surface area contributed by atoms with Crippen LogP contribution in [-0.2, 0) is 38.1 Å². The molecule has 0 radical (unpaired) electrons. The van der Waals surface area contributed by atoms with Crippen molar-refractivity contribution in [3.05, 3.63) is 71.9 Å². The number of cyclic esters (lactones) is 2. The number of methoxy groups -OCH3 is 3. The molecule has 2 aliphatic heterocycles. The number of aliphatic carboxylic acids is 1. The lowest BCUT2D eigenvalue weighted by atomic mass is 9.73. The molecule has 418 valence electrons. The van der Waals surface area contributed by atoms with Gasteiger partial charge in [0.05, 0.1) is 42.7 Å². The Kier molecular flexibility index (Phi) is 28.3. The summed E-state index contributed by atoms with van der Waals surface area (Å²) in [5.74, 6) is -5.56. The van der Waals surface area contributed by atoms with Crippen molar-refractivity contribution in [1.82, 2.24) is 0 Å². The van der Waals surface area contributed by atoms with Crippen molar-refractivity contribution in [1.29, 1.82) is 0 Å². The van der Waals surface area contributed by atoms with E-state index in [1.165, 1.54) is 6.08 Å². The lowest BCUT2D eigenvalue weighted by Crippen LogP contribution is -2.59. The summed E-state index contributed by atoms with van der Waals surface area (Å²) in [6.07, 6.45) is 11.1. The lowest BCUT2D eigenvalue weighted by molar-refractivity contribution is -0.212. The van der Waals surface area contributed by atoms with Crippen molar-refractivity contribution in [2.24, 2.45) is 53.3 Å². The zero-order valence-corrected chi connectivity index (χ0v) is 46.1. The monoisotopic (exact) mass is 1030 g/mol. The highest BCUT2D eigenvalue weighted by atomic mass is 16.6. The van der Waals surface area contributed by atoms with Crippen molar-refractivity contribution in [3.8, 4) is 0 Å². The molecule has 7 unspecified atom stereocenters. The summed E-state index contributed by atoms with van der Waals surface area (Å²) in [5.41, 5.74) is -0.417. The van der Waals surface area contributed by atoms with E-state index in [9.17, 15) is 50.1 Å². The third-order valence-corrected chi connectivity index (χ3v) is 15.9. The first kappa shape index (κ1) is 65.6. The van der Waals surface area contributed by atoms with Crippen molar-refractivity contribution in [3.63, 3.8) is 0 Å². The Morgan fingerprint density at radius 2 is 1.38 bits per heavy atom. The number of ether oxygens (including phenoxy) is 5. The molecule has 0 saturated carbocycles. The van der Waals surface area contributed by atoms with Crippen LogP contribution in [-0.4, -0.2) is 153 Å². The molecule has 0 aliphatic carbocycles. The maximum atomic E-state index is 13.1. The Morgan fingerprint density at radius 1 is 0.767 bits per heavy atom. The van der Waals surface area contributed by atoms with Gasteiger partial charge in [0.2, 0.25) is 0 Å². The standard InChI is InChI=1S/C57H94O16/c1-32(27-37(6)50(62)40(9)51(63)41(10)53(71-14)35(4)20-17-15-16-18-23-49(60)61)26-36(5)48-31-57(68,54(65)56(67)73-48)38(7)24-25-43(69-12)28-44(70-13)29-46(59)33(2)21-19-22-34(3)47-30-45(39(8)42(11)58)52(64)55(66)72-47/h15-20,22-23,26-27,33-36,38-48,50-54,58-59,62-65,68H,21,24-25,28-31H2,1-14H3,(H,60,61)/b16-15+,20-17+,22-19+,23-18+,32-26+,37-27+/t33?,34-,35+,36?,38+,39+,40-,41+,42?,43?,44?,45-,46?,47-,48?,50+,51+,52-,53-,54-,57-/m0/s1. The molecule has 73 heavy (non-hydrogen) atoms. The van der Waals surface area contributed by atoms with Gasteiger partial charge in [-0.3, -0.25) is 0 Å². The normalized spacial score (nSPS) is 28.9. The summed E-state index contributed by atoms with van der Waals surface area (Å²) < 4.78 is 28.6. The topological polar surface area (TPSA) is 259 Å². The molecule has 16 heteroatoms. The van der Waals surface area contributed by atoms with Crippen LogP contribution in [0.2, 0.25) is 0 Å². The quantitative estimate of drug-likeness (QED) is 0.0161. The van der Waals surface area contributed by atoms with Gasteiger partial charge in [-0.2, -0.15) is 0 Å². The van der Waals surface area contributed by atoms with Crippen LogP contribution in [0.15, 0.2) is 71.9 Å². The Labute approximate surface area is 435 Å².